The van der Waals surface area contributed by atoms with Crippen molar-refractivity contribution in [2.75, 3.05) is 6.61 Å². The minimum atomic E-state index is -1.28. The van der Waals surface area contributed by atoms with E-state index in [1.807, 2.05) is 60.7 Å². The zero-order chi connectivity index (χ0) is 24.6. The number of carbonyl (C=O) groups is 1. The predicted molar refractivity (Wildman–Crippen MR) is 124 cm³/mol. The van der Waals surface area contributed by atoms with Crippen molar-refractivity contribution in [3.8, 4) is 0 Å². The highest BCUT2D eigenvalue weighted by Crippen LogP contribution is 2.28. The largest absolute Gasteiger partial charge is 0.459 e. The number of rotatable bonds is 10. The maximum absolute atomic E-state index is 12.5. The third-order valence-electron chi connectivity index (χ3n) is 5.55. The molecule has 1 aliphatic rings. The van der Waals surface area contributed by atoms with Crippen molar-refractivity contribution in [1.82, 2.24) is 0 Å². The maximum atomic E-state index is 12.5. The van der Waals surface area contributed by atoms with Gasteiger partial charge >= 0.3 is 5.97 Å². The summed E-state index contributed by atoms with van der Waals surface area (Å²) in [6, 6.07) is 24.1. The Morgan fingerprint density at radius 2 is 1.40 bits per heavy atom. The van der Waals surface area contributed by atoms with Gasteiger partial charge in [-0.1, -0.05) is 60.7 Å². The second kappa shape index (κ2) is 11.7. The van der Waals surface area contributed by atoms with Crippen LogP contribution in [0.4, 0.5) is 5.69 Å². The molecule has 4 unspecified atom stereocenters. The molecular formula is C26H25NO8. The second-order valence-electron chi connectivity index (χ2n) is 7.99. The fourth-order valence-corrected chi connectivity index (χ4v) is 3.71. The fraction of sp³-hybridized carbons (Fsp3) is 0.269. The van der Waals surface area contributed by atoms with Crippen molar-refractivity contribution >= 4 is 11.7 Å². The van der Waals surface area contributed by atoms with Gasteiger partial charge in [-0.2, -0.15) is 0 Å². The molecule has 0 radical (unpaired) electrons. The molecule has 1 aliphatic heterocycles. The Balaban J connectivity index is 1.42. The molecule has 0 saturated carbocycles. The summed E-state index contributed by atoms with van der Waals surface area (Å²) in [7, 11) is 0. The van der Waals surface area contributed by atoms with Gasteiger partial charge in [-0.3, -0.25) is 10.1 Å². The van der Waals surface area contributed by atoms with Crippen LogP contribution in [0.5, 0.6) is 0 Å². The Bertz CT molecular complexity index is 1110. The standard InChI is InChI=1S/C26H25NO8/c28-25(20-11-13-21(14-12-20)27(30)31)34-17-22-23(32-15-18-7-3-1-4-8-18)24(26(29)35-22)33-16-19-9-5-2-6-10-19/h1-14,22-24,26,29H,15-17H2. The highest BCUT2D eigenvalue weighted by Gasteiger charge is 2.46. The minimum absolute atomic E-state index is 0.128. The van der Waals surface area contributed by atoms with Gasteiger partial charge in [-0.15, -0.1) is 0 Å². The van der Waals surface area contributed by atoms with Crippen molar-refractivity contribution in [3.63, 3.8) is 0 Å². The normalized spacial score (nSPS) is 21.5. The number of carbonyl (C=O) groups excluding carboxylic acids is 1. The van der Waals surface area contributed by atoms with Crippen LogP contribution in [0.15, 0.2) is 84.9 Å². The van der Waals surface area contributed by atoms with Crippen LogP contribution < -0.4 is 0 Å². The van der Waals surface area contributed by atoms with E-state index in [4.69, 9.17) is 18.9 Å². The number of hydrogen-bond acceptors (Lipinski definition) is 8. The smallest absolute Gasteiger partial charge is 0.338 e. The van der Waals surface area contributed by atoms with Crippen LogP contribution >= 0.6 is 0 Å². The van der Waals surface area contributed by atoms with E-state index >= 15 is 0 Å². The molecule has 0 aliphatic carbocycles. The fourth-order valence-electron chi connectivity index (χ4n) is 3.71. The quantitative estimate of drug-likeness (QED) is 0.266. The van der Waals surface area contributed by atoms with Gasteiger partial charge in [0, 0.05) is 12.1 Å². The van der Waals surface area contributed by atoms with Crippen LogP contribution in [0.25, 0.3) is 0 Å². The highest BCUT2D eigenvalue weighted by molar-refractivity contribution is 5.89. The molecule has 1 heterocycles. The lowest BCUT2D eigenvalue weighted by molar-refractivity contribution is -0.384. The highest BCUT2D eigenvalue weighted by atomic mass is 16.7. The van der Waals surface area contributed by atoms with Crippen molar-refractivity contribution in [2.45, 2.75) is 37.8 Å². The molecule has 1 saturated heterocycles. The molecule has 0 amide bonds. The van der Waals surface area contributed by atoms with E-state index in [-0.39, 0.29) is 31.1 Å². The van der Waals surface area contributed by atoms with E-state index in [1.54, 1.807) is 0 Å². The molecule has 4 rings (SSSR count). The number of nitro benzene ring substituents is 1. The molecule has 1 N–H and O–H groups in total. The number of aliphatic hydroxyl groups excluding tert-OH is 1. The molecule has 0 spiro atoms. The first-order valence-electron chi connectivity index (χ1n) is 11.1. The molecule has 0 aromatic heterocycles. The van der Waals surface area contributed by atoms with Crippen LogP contribution in [0.1, 0.15) is 21.5 Å². The Labute approximate surface area is 202 Å². The predicted octanol–water partition coefficient (Wildman–Crippen LogP) is 3.64. The number of hydrogen-bond donors (Lipinski definition) is 1. The third kappa shape index (κ3) is 6.49. The van der Waals surface area contributed by atoms with Crippen molar-refractivity contribution < 1.29 is 33.8 Å². The average Bonchev–Trinajstić information content (AvgIpc) is 3.19. The number of aliphatic hydroxyl groups is 1. The number of ether oxygens (including phenoxy) is 4. The zero-order valence-electron chi connectivity index (χ0n) is 18.8. The molecule has 3 aromatic rings. The SMILES string of the molecule is O=C(OCC1OC(O)C(OCc2ccccc2)C1OCc1ccccc1)c1ccc([N+](=O)[O-])cc1. The van der Waals surface area contributed by atoms with Gasteiger partial charge in [0.2, 0.25) is 0 Å². The van der Waals surface area contributed by atoms with E-state index in [0.29, 0.717) is 0 Å². The number of non-ortho nitro benzene ring substituents is 1. The van der Waals surface area contributed by atoms with E-state index in [2.05, 4.69) is 0 Å². The summed E-state index contributed by atoms with van der Waals surface area (Å²) in [4.78, 5) is 22.7. The third-order valence-corrected chi connectivity index (χ3v) is 5.55. The molecule has 3 aromatic carbocycles. The van der Waals surface area contributed by atoms with Gasteiger partial charge in [-0.25, -0.2) is 4.79 Å². The Hall–Kier alpha value is -3.63. The molecular weight excluding hydrogens is 454 g/mol. The summed E-state index contributed by atoms with van der Waals surface area (Å²) in [5.74, 6) is -0.673. The topological polar surface area (TPSA) is 117 Å². The molecule has 9 nitrogen and oxygen atoms in total. The van der Waals surface area contributed by atoms with E-state index < -0.39 is 35.5 Å². The lowest BCUT2D eigenvalue weighted by atomic mass is 10.1. The number of nitrogens with zero attached hydrogens (tertiary/aromatic N) is 1. The summed E-state index contributed by atoms with van der Waals surface area (Å²) in [6.45, 7) is 0.295. The van der Waals surface area contributed by atoms with Gasteiger partial charge in [0.25, 0.3) is 5.69 Å². The molecule has 1 fully saturated rings. The first-order valence-corrected chi connectivity index (χ1v) is 11.1. The van der Waals surface area contributed by atoms with Gasteiger partial charge in [-0.05, 0) is 23.3 Å². The summed E-state index contributed by atoms with van der Waals surface area (Å²) in [6.07, 6.45) is -3.57. The molecule has 182 valence electrons. The number of nitro groups is 1. The number of esters is 1. The molecule has 35 heavy (non-hydrogen) atoms. The molecule has 9 heteroatoms. The Morgan fingerprint density at radius 1 is 0.857 bits per heavy atom. The first kappa shape index (κ1) is 24.5. The van der Waals surface area contributed by atoms with Gasteiger partial charge in [0.1, 0.15) is 24.9 Å². The van der Waals surface area contributed by atoms with E-state index in [1.165, 1.54) is 24.3 Å². The average molecular weight is 479 g/mol. The summed E-state index contributed by atoms with van der Waals surface area (Å²) in [5.41, 5.74) is 1.89. The zero-order valence-corrected chi connectivity index (χ0v) is 18.8. The summed E-state index contributed by atoms with van der Waals surface area (Å²) < 4.78 is 23.0. The van der Waals surface area contributed by atoms with Gasteiger partial charge < -0.3 is 24.1 Å². The van der Waals surface area contributed by atoms with Gasteiger partial charge in [0.05, 0.1) is 23.7 Å². The lowest BCUT2D eigenvalue weighted by Crippen LogP contribution is -2.39. The Morgan fingerprint density at radius 3 is 1.94 bits per heavy atom. The van der Waals surface area contributed by atoms with Crippen molar-refractivity contribution in [2.24, 2.45) is 0 Å². The number of benzene rings is 3. The van der Waals surface area contributed by atoms with E-state index in [9.17, 15) is 20.0 Å². The van der Waals surface area contributed by atoms with Crippen LogP contribution in [0, 0.1) is 10.1 Å². The maximum Gasteiger partial charge on any atom is 0.338 e. The minimum Gasteiger partial charge on any atom is -0.459 e. The first-order chi connectivity index (χ1) is 17.0. The second-order valence-corrected chi connectivity index (χ2v) is 7.99. The monoisotopic (exact) mass is 479 g/mol. The lowest BCUT2D eigenvalue weighted by Gasteiger charge is -2.24. The van der Waals surface area contributed by atoms with Gasteiger partial charge in [0.15, 0.2) is 6.29 Å². The van der Waals surface area contributed by atoms with E-state index in [0.717, 1.165) is 11.1 Å². The summed E-state index contributed by atoms with van der Waals surface area (Å²) in [5, 5.41) is 21.3. The Kier molecular flexibility index (Phi) is 8.17. The van der Waals surface area contributed by atoms with Crippen LogP contribution in [0.3, 0.4) is 0 Å². The van der Waals surface area contributed by atoms with Crippen LogP contribution in [0.2, 0.25) is 0 Å². The summed E-state index contributed by atoms with van der Waals surface area (Å²) >= 11 is 0. The van der Waals surface area contributed by atoms with Crippen LogP contribution in [-0.4, -0.2) is 47.2 Å². The van der Waals surface area contributed by atoms with Crippen LogP contribution in [-0.2, 0) is 32.2 Å². The van der Waals surface area contributed by atoms with Crippen molar-refractivity contribution in [1.29, 1.82) is 0 Å². The molecule has 4 atom stereocenters. The van der Waals surface area contributed by atoms with Crippen molar-refractivity contribution in [3.05, 3.63) is 112 Å². The molecule has 0 bridgehead atoms.